The SMILES string of the molecule is CC(=O)c1ccc(N2CC[C@H](CNc3ccccn3)C2)c([N+](=O)[O-])c1. The van der Waals surface area contributed by atoms with Crippen molar-refractivity contribution in [1.82, 2.24) is 4.98 Å². The minimum Gasteiger partial charge on any atom is -0.370 e. The van der Waals surface area contributed by atoms with Gasteiger partial charge in [-0.1, -0.05) is 6.07 Å². The summed E-state index contributed by atoms with van der Waals surface area (Å²) in [7, 11) is 0. The molecule has 1 atom stereocenters. The van der Waals surface area contributed by atoms with Gasteiger partial charge < -0.3 is 10.2 Å². The zero-order valence-electron chi connectivity index (χ0n) is 14.0. The van der Waals surface area contributed by atoms with Crippen LogP contribution in [0.3, 0.4) is 0 Å². The molecule has 7 heteroatoms. The molecule has 1 saturated heterocycles. The minimum absolute atomic E-state index is 0.00830. The Hall–Kier alpha value is -2.96. The van der Waals surface area contributed by atoms with Gasteiger partial charge in [0.2, 0.25) is 0 Å². The van der Waals surface area contributed by atoms with E-state index in [1.54, 1.807) is 18.3 Å². The van der Waals surface area contributed by atoms with Gasteiger partial charge in [-0.15, -0.1) is 0 Å². The number of anilines is 2. The van der Waals surface area contributed by atoms with E-state index in [1.807, 2.05) is 23.1 Å². The van der Waals surface area contributed by atoms with Crippen molar-refractivity contribution in [1.29, 1.82) is 0 Å². The number of rotatable bonds is 6. The molecule has 0 bridgehead atoms. The summed E-state index contributed by atoms with van der Waals surface area (Å²) in [5.41, 5.74) is 0.935. The van der Waals surface area contributed by atoms with E-state index in [2.05, 4.69) is 10.3 Å². The summed E-state index contributed by atoms with van der Waals surface area (Å²) >= 11 is 0. The molecule has 130 valence electrons. The monoisotopic (exact) mass is 340 g/mol. The van der Waals surface area contributed by atoms with Gasteiger partial charge in [-0.05, 0) is 43.5 Å². The van der Waals surface area contributed by atoms with Crippen LogP contribution in [0.2, 0.25) is 0 Å². The summed E-state index contributed by atoms with van der Waals surface area (Å²) in [6.07, 6.45) is 2.69. The lowest BCUT2D eigenvalue weighted by Crippen LogP contribution is -2.23. The average molecular weight is 340 g/mol. The van der Waals surface area contributed by atoms with Gasteiger partial charge in [0.1, 0.15) is 11.5 Å². The van der Waals surface area contributed by atoms with Crippen LogP contribution in [0.4, 0.5) is 17.2 Å². The van der Waals surface area contributed by atoms with Gasteiger partial charge in [-0.2, -0.15) is 0 Å². The third-order valence-electron chi connectivity index (χ3n) is 4.44. The molecule has 2 heterocycles. The normalized spacial score (nSPS) is 16.7. The predicted octanol–water partition coefficient (Wildman–Crippen LogP) is 3.13. The standard InChI is InChI=1S/C18H20N4O3/c1-13(23)15-5-6-16(17(10-15)22(24)25)21-9-7-14(12-21)11-20-18-4-2-3-8-19-18/h2-6,8,10,14H,7,9,11-12H2,1H3,(H,19,20)/t14-/m1/s1. The van der Waals surface area contributed by atoms with Gasteiger partial charge in [-0.3, -0.25) is 14.9 Å². The van der Waals surface area contributed by atoms with Crippen LogP contribution in [0.15, 0.2) is 42.6 Å². The zero-order valence-corrected chi connectivity index (χ0v) is 14.0. The molecule has 0 unspecified atom stereocenters. The first-order valence-corrected chi connectivity index (χ1v) is 8.24. The number of nitrogens with one attached hydrogen (secondary N) is 1. The van der Waals surface area contributed by atoms with E-state index in [4.69, 9.17) is 0 Å². The molecule has 0 radical (unpaired) electrons. The highest BCUT2D eigenvalue weighted by molar-refractivity contribution is 5.95. The van der Waals surface area contributed by atoms with Crippen LogP contribution >= 0.6 is 0 Å². The first kappa shape index (κ1) is 16.9. The first-order valence-electron chi connectivity index (χ1n) is 8.24. The van der Waals surface area contributed by atoms with Crippen molar-refractivity contribution in [2.75, 3.05) is 29.9 Å². The number of ketones is 1. The Morgan fingerprint density at radius 3 is 2.92 bits per heavy atom. The smallest absolute Gasteiger partial charge is 0.293 e. The van der Waals surface area contributed by atoms with Gasteiger partial charge in [0, 0.05) is 37.5 Å². The topological polar surface area (TPSA) is 88.4 Å². The average Bonchev–Trinajstić information content (AvgIpc) is 3.09. The molecular formula is C18H20N4O3. The van der Waals surface area contributed by atoms with E-state index in [0.717, 1.165) is 31.9 Å². The number of nitro groups is 1. The summed E-state index contributed by atoms with van der Waals surface area (Å²) in [6, 6.07) is 10.4. The van der Waals surface area contributed by atoms with Crippen LogP contribution in [0, 0.1) is 16.0 Å². The molecular weight excluding hydrogens is 320 g/mol. The number of nitro benzene ring substituents is 1. The number of nitrogens with zero attached hydrogens (tertiary/aromatic N) is 3. The first-order chi connectivity index (χ1) is 12.0. The van der Waals surface area contributed by atoms with Gasteiger partial charge in [0.15, 0.2) is 5.78 Å². The van der Waals surface area contributed by atoms with Crippen molar-refractivity contribution in [3.63, 3.8) is 0 Å². The van der Waals surface area contributed by atoms with E-state index < -0.39 is 4.92 Å². The van der Waals surface area contributed by atoms with Crippen LogP contribution in [0.25, 0.3) is 0 Å². The molecule has 0 saturated carbocycles. The maximum absolute atomic E-state index is 11.5. The maximum atomic E-state index is 11.5. The quantitative estimate of drug-likeness (QED) is 0.494. The maximum Gasteiger partial charge on any atom is 0.293 e. The number of benzene rings is 1. The molecule has 1 fully saturated rings. The third kappa shape index (κ3) is 3.93. The number of aromatic nitrogens is 1. The number of hydrogen-bond acceptors (Lipinski definition) is 6. The van der Waals surface area contributed by atoms with Crippen molar-refractivity contribution in [2.45, 2.75) is 13.3 Å². The summed E-state index contributed by atoms with van der Waals surface area (Å²) in [5, 5.41) is 14.7. The molecule has 25 heavy (non-hydrogen) atoms. The Labute approximate surface area is 145 Å². The predicted molar refractivity (Wildman–Crippen MR) is 96.1 cm³/mol. The highest BCUT2D eigenvalue weighted by Crippen LogP contribution is 2.33. The summed E-state index contributed by atoms with van der Waals surface area (Å²) in [4.78, 5) is 28.7. The fraction of sp³-hybridized carbons (Fsp3) is 0.333. The Bertz CT molecular complexity index is 779. The molecule has 1 aromatic heterocycles. The van der Waals surface area contributed by atoms with E-state index in [0.29, 0.717) is 17.2 Å². The molecule has 7 nitrogen and oxygen atoms in total. The molecule has 1 N–H and O–H groups in total. The molecule has 0 aliphatic carbocycles. The van der Waals surface area contributed by atoms with Crippen LogP contribution < -0.4 is 10.2 Å². The number of Topliss-reactive ketones (excluding diaryl/α,β-unsaturated/α-hetero) is 1. The summed E-state index contributed by atoms with van der Waals surface area (Å²) in [5.74, 6) is 1.04. The largest absolute Gasteiger partial charge is 0.370 e. The minimum atomic E-state index is -0.415. The molecule has 1 aromatic carbocycles. The number of carbonyl (C=O) groups excluding carboxylic acids is 1. The van der Waals surface area contributed by atoms with Crippen molar-refractivity contribution in [3.8, 4) is 0 Å². The second kappa shape index (κ2) is 7.29. The van der Waals surface area contributed by atoms with Crippen molar-refractivity contribution >= 4 is 23.0 Å². The van der Waals surface area contributed by atoms with Crippen molar-refractivity contribution in [2.24, 2.45) is 5.92 Å². The summed E-state index contributed by atoms with van der Waals surface area (Å²) in [6.45, 7) is 3.68. The highest BCUT2D eigenvalue weighted by Gasteiger charge is 2.28. The zero-order chi connectivity index (χ0) is 17.8. The Kier molecular flexibility index (Phi) is 4.92. The molecule has 3 rings (SSSR count). The van der Waals surface area contributed by atoms with Crippen LogP contribution in [0.5, 0.6) is 0 Å². The third-order valence-corrected chi connectivity index (χ3v) is 4.44. The molecule has 0 spiro atoms. The van der Waals surface area contributed by atoms with Gasteiger partial charge >= 0.3 is 0 Å². The van der Waals surface area contributed by atoms with Gasteiger partial charge in [-0.25, -0.2) is 4.98 Å². The lowest BCUT2D eigenvalue weighted by molar-refractivity contribution is -0.384. The van der Waals surface area contributed by atoms with Crippen LogP contribution in [-0.4, -0.2) is 35.3 Å². The van der Waals surface area contributed by atoms with E-state index in [1.165, 1.54) is 13.0 Å². The highest BCUT2D eigenvalue weighted by atomic mass is 16.6. The number of carbonyl (C=O) groups is 1. The number of pyridine rings is 1. The molecule has 2 aromatic rings. The number of hydrogen-bond donors (Lipinski definition) is 1. The summed E-state index contributed by atoms with van der Waals surface area (Å²) < 4.78 is 0. The molecule has 1 aliphatic heterocycles. The van der Waals surface area contributed by atoms with Gasteiger partial charge in [0.05, 0.1) is 4.92 Å². The molecule has 1 aliphatic rings. The second-order valence-corrected chi connectivity index (χ2v) is 6.21. The van der Waals surface area contributed by atoms with Crippen LogP contribution in [0.1, 0.15) is 23.7 Å². The molecule has 0 amide bonds. The van der Waals surface area contributed by atoms with Gasteiger partial charge in [0.25, 0.3) is 5.69 Å². The Balaban J connectivity index is 1.69. The Morgan fingerprint density at radius 2 is 2.24 bits per heavy atom. The van der Waals surface area contributed by atoms with Crippen molar-refractivity contribution < 1.29 is 9.72 Å². The van der Waals surface area contributed by atoms with E-state index in [-0.39, 0.29) is 11.5 Å². The lowest BCUT2D eigenvalue weighted by Gasteiger charge is -2.19. The van der Waals surface area contributed by atoms with Crippen molar-refractivity contribution in [3.05, 3.63) is 58.3 Å². The van der Waals surface area contributed by atoms with E-state index in [9.17, 15) is 14.9 Å². The lowest BCUT2D eigenvalue weighted by atomic mass is 10.1. The fourth-order valence-electron chi connectivity index (χ4n) is 3.09. The fourth-order valence-corrected chi connectivity index (χ4v) is 3.09. The van der Waals surface area contributed by atoms with Crippen LogP contribution in [-0.2, 0) is 0 Å². The second-order valence-electron chi connectivity index (χ2n) is 6.21. The van der Waals surface area contributed by atoms with E-state index >= 15 is 0 Å². The Morgan fingerprint density at radius 1 is 1.40 bits per heavy atom.